The zero-order chi connectivity index (χ0) is 17.4. The molecule has 4 nitrogen and oxygen atoms in total. The molecule has 2 aromatic carbocycles. The Morgan fingerprint density at radius 3 is 2.72 bits per heavy atom. The minimum Gasteiger partial charge on any atom is -0.273 e. The standard InChI is InChI=1S/C20H16BrN3O/c1-13(25)24-20(12-19(23-24)14-4-7-17(21)8-5-14)16-6-9-18-15(11-16)3-2-10-22-18/h2-11,20H,12H2,1H3/t20-/m0/s1. The largest absolute Gasteiger partial charge is 0.273 e. The SMILES string of the molecule is CC(=O)N1N=C(c2ccc(Br)cc2)C[C@H]1c1ccc2ncccc2c1. The number of carbonyl (C=O) groups is 1. The highest BCUT2D eigenvalue weighted by molar-refractivity contribution is 9.10. The van der Waals surface area contributed by atoms with Crippen molar-refractivity contribution in [2.24, 2.45) is 5.10 Å². The Hall–Kier alpha value is -2.53. The number of fused-ring (bicyclic) bond motifs is 1. The maximum atomic E-state index is 12.1. The second-order valence-electron chi connectivity index (χ2n) is 6.09. The lowest BCUT2D eigenvalue weighted by Crippen LogP contribution is -2.24. The molecule has 0 bridgehead atoms. The van der Waals surface area contributed by atoms with Gasteiger partial charge in [0.1, 0.15) is 0 Å². The van der Waals surface area contributed by atoms with Gasteiger partial charge in [-0.1, -0.05) is 40.2 Å². The Kier molecular flexibility index (Phi) is 4.09. The summed E-state index contributed by atoms with van der Waals surface area (Å²) in [5.74, 6) is -0.0524. The van der Waals surface area contributed by atoms with Crippen LogP contribution in [-0.4, -0.2) is 21.6 Å². The van der Waals surface area contributed by atoms with Crippen molar-refractivity contribution in [2.45, 2.75) is 19.4 Å². The van der Waals surface area contributed by atoms with E-state index in [0.717, 1.165) is 32.2 Å². The topological polar surface area (TPSA) is 45.6 Å². The number of hydrogen-bond donors (Lipinski definition) is 0. The lowest BCUT2D eigenvalue weighted by molar-refractivity contribution is -0.130. The summed E-state index contributed by atoms with van der Waals surface area (Å²) >= 11 is 3.45. The number of amides is 1. The first-order chi connectivity index (χ1) is 12.1. The average Bonchev–Trinajstić information content (AvgIpc) is 3.07. The highest BCUT2D eigenvalue weighted by atomic mass is 79.9. The van der Waals surface area contributed by atoms with Gasteiger partial charge in [-0.2, -0.15) is 5.10 Å². The molecule has 0 aliphatic carbocycles. The minimum absolute atomic E-state index is 0.0524. The lowest BCUT2D eigenvalue weighted by Gasteiger charge is -2.20. The Balaban J connectivity index is 1.71. The van der Waals surface area contributed by atoms with Gasteiger partial charge in [0.25, 0.3) is 0 Å². The van der Waals surface area contributed by atoms with E-state index >= 15 is 0 Å². The van der Waals surface area contributed by atoms with Crippen molar-refractivity contribution in [2.75, 3.05) is 0 Å². The van der Waals surface area contributed by atoms with E-state index in [1.807, 2.05) is 48.5 Å². The van der Waals surface area contributed by atoms with E-state index in [9.17, 15) is 4.79 Å². The zero-order valence-corrected chi connectivity index (χ0v) is 15.3. The second-order valence-corrected chi connectivity index (χ2v) is 7.01. The molecule has 0 fully saturated rings. The molecule has 1 amide bonds. The van der Waals surface area contributed by atoms with Gasteiger partial charge in [-0.3, -0.25) is 9.78 Å². The molecule has 1 aliphatic heterocycles. The molecule has 0 saturated heterocycles. The fourth-order valence-corrected chi connectivity index (χ4v) is 3.44. The number of halogens is 1. The van der Waals surface area contributed by atoms with Gasteiger partial charge in [-0.15, -0.1) is 0 Å². The maximum Gasteiger partial charge on any atom is 0.240 e. The van der Waals surface area contributed by atoms with E-state index in [-0.39, 0.29) is 11.9 Å². The highest BCUT2D eigenvalue weighted by Crippen LogP contribution is 2.34. The van der Waals surface area contributed by atoms with Crippen molar-refractivity contribution in [3.8, 4) is 0 Å². The van der Waals surface area contributed by atoms with Crippen molar-refractivity contribution < 1.29 is 4.79 Å². The molecule has 0 unspecified atom stereocenters. The third-order valence-corrected chi connectivity index (χ3v) is 4.95. The van der Waals surface area contributed by atoms with Crippen LogP contribution >= 0.6 is 15.9 Å². The van der Waals surface area contributed by atoms with Gasteiger partial charge >= 0.3 is 0 Å². The summed E-state index contributed by atoms with van der Waals surface area (Å²) in [6.45, 7) is 1.56. The van der Waals surface area contributed by atoms with Gasteiger partial charge in [0.05, 0.1) is 17.3 Å². The van der Waals surface area contributed by atoms with Crippen LogP contribution < -0.4 is 0 Å². The van der Waals surface area contributed by atoms with Crippen molar-refractivity contribution in [3.63, 3.8) is 0 Å². The predicted octanol–water partition coefficient (Wildman–Crippen LogP) is 4.69. The summed E-state index contributed by atoms with van der Waals surface area (Å²) in [6.07, 6.45) is 2.49. The molecule has 0 N–H and O–H groups in total. The smallest absolute Gasteiger partial charge is 0.240 e. The van der Waals surface area contributed by atoms with Crippen molar-refractivity contribution in [1.29, 1.82) is 0 Å². The molecule has 0 saturated carbocycles. The van der Waals surface area contributed by atoms with Crippen LogP contribution in [0.4, 0.5) is 0 Å². The van der Waals surface area contributed by atoms with E-state index in [4.69, 9.17) is 0 Å². The Labute approximate surface area is 154 Å². The summed E-state index contributed by atoms with van der Waals surface area (Å²) in [5, 5.41) is 7.26. The van der Waals surface area contributed by atoms with Crippen LogP contribution in [0.1, 0.15) is 30.5 Å². The zero-order valence-electron chi connectivity index (χ0n) is 13.7. The van der Waals surface area contributed by atoms with Crippen LogP contribution in [0.3, 0.4) is 0 Å². The molecule has 5 heteroatoms. The lowest BCUT2D eigenvalue weighted by atomic mass is 9.97. The van der Waals surface area contributed by atoms with Crippen LogP contribution in [0, 0.1) is 0 Å². The van der Waals surface area contributed by atoms with Crippen molar-refractivity contribution >= 4 is 38.5 Å². The first kappa shape index (κ1) is 16.0. The van der Waals surface area contributed by atoms with Crippen LogP contribution in [0.5, 0.6) is 0 Å². The molecule has 0 radical (unpaired) electrons. The monoisotopic (exact) mass is 393 g/mol. The van der Waals surface area contributed by atoms with Gasteiger partial charge in [-0.25, -0.2) is 5.01 Å². The normalized spacial score (nSPS) is 17.0. The van der Waals surface area contributed by atoms with Gasteiger partial charge in [0.15, 0.2) is 0 Å². The quantitative estimate of drug-likeness (QED) is 0.633. The van der Waals surface area contributed by atoms with E-state index in [1.165, 1.54) is 0 Å². The molecule has 25 heavy (non-hydrogen) atoms. The minimum atomic E-state index is -0.0826. The summed E-state index contributed by atoms with van der Waals surface area (Å²) < 4.78 is 1.02. The van der Waals surface area contributed by atoms with E-state index in [0.29, 0.717) is 6.42 Å². The molecule has 4 rings (SSSR count). The molecule has 0 spiro atoms. The van der Waals surface area contributed by atoms with Crippen molar-refractivity contribution in [3.05, 3.63) is 76.4 Å². The predicted molar refractivity (Wildman–Crippen MR) is 102 cm³/mol. The number of hydrogen-bond acceptors (Lipinski definition) is 3. The number of aromatic nitrogens is 1. The number of benzene rings is 2. The Morgan fingerprint density at radius 1 is 1.16 bits per heavy atom. The summed E-state index contributed by atoms with van der Waals surface area (Å²) in [5.41, 5.74) is 4.00. The van der Waals surface area contributed by atoms with Crippen LogP contribution in [0.15, 0.2) is 70.4 Å². The molecule has 1 aliphatic rings. The second kappa shape index (κ2) is 6.41. The molecule has 124 valence electrons. The first-order valence-electron chi connectivity index (χ1n) is 8.10. The highest BCUT2D eigenvalue weighted by Gasteiger charge is 2.31. The molecule has 1 atom stereocenters. The maximum absolute atomic E-state index is 12.1. The number of carbonyl (C=O) groups excluding carboxylic acids is 1. The summed E-state index contributed by atoms with van der Waals surface area (Å²) in [4.78, 5) is 16.5. The number of hydrazone groups is 1. The fourth-order valence-electron chi connectivity index (χ4n) is 3.18. The number of nitrogens with zero attached hydrogens (tertiary/aromatic N) is 3. The molecular formula is C20H16BrN3O. The number of rotatable bonds is 2. The fraction of sp³-hybridized carbons (Fsp3) is 0.150. The Morgan fingerprint density at radius 2 is 1.96 bits per heavy atom. The summed E-state index contributed by atoms with van der Waals surface area (Å²) in [6, 6.07) is 18.0. The first-order valence-corrected chi connectivity index (χ1v) is 8.89. The summed E-state index contributed by atoms with van der Waals surface area (Å²) in [7, 11) is 0. The number of pyridine rings is 1. The molecular weight excluding hydrogens is 378 g/mol. The van der Waals surface area contributed by atoms with Gasteiger partial charge < -0.3 is 0 Å². The van der Waals surface area contributed by atoms with Crippen LogP contribution in [-0.2, 0) is 4.79 Å². The molecule has 2 heterocycles. The van der Waals surface area contributed by atoms with E-state index in [1.54, 1.807) is 18.1 Å². The van der Waals surface area contributed by atoms with Gasteiger partial charge in [0, 0.05) is 29.4 Å². The van der Waals surface area contributed by atoms with E-state index in [2.05, 4.69) is 32.1 Å². The van der Waals surface area contributed by atoms with E-state index < -0.39 is 0 Å². The molecule has 1 aromatic heterocycles. The third kappa shape index (κ3) is 3.07. The third-order valence-electron chi connectivity index (χ3n) is 4.42. The van der Waals surface area contributed by atoms with Crippen LogP contribution in [0.25, 0.3) is 10.9 Å². The Bertz CT molecular complexity index is 982. The van der Waals surface area contributed by atoms with Crippen molar-refractivity contribution in [1.82, 2.24) is 9.99 Å². The molecule has 3 aromatic rings. The van der Waals surface area contributed by atoms with Gasteiger partial charge in [-0.05, 0) is 41.5 Å². The average molecular weight is 394 g/mol. The van der Waals surface area contributed by atoms with Gasteiger partial charge in [0.2, 0.25) is 5.91 Å². The van der Waals surface area contributed by atoms with Crippen LogP contribution in [0.2, 0.25) is 0 Å².